The highest BCUT2D eigenvalue weighted by molar-refractivity contribution is 6.30. The number of alkyl halides is 3. The van der Waals surface area contributed by atoms with E-state index in [9.17, 15) is 18.0 Å². The Hall–Kier alpha value is -2.21. The van der Waals surface area contributed by atoms with Gasteiger partial charge in [0, 0.05) is 23.3 Å². The second kappa shape index (κ2) is 8.45. The van der Waals surface area contributed by atoms with Crippen molar-refractivity contribution in [3.63, 3.8) is 0 Å². The summed E-state index contributed by atoms with van der Waals surface area (Å²) in [6.45, 7) is 4.06. The third kappa shape index (κ3) is 5.39. The maximum atomic E-state index is 12.8. The zero-order chi connectivity index (χ0) is 19.3. The molecule has 2 amide bonds. The molecule has 1 atom stereocenters. The Morgan fingerprint density at radius 2 is 1.85 bits per heavy atom. The number of nitrogens with one attached hydrogen (secondary N) is 1. The van der Waals surface area contributed by atoms with E-state index in [0.29, 0.717) is 29.2 Å². The lowest BCUT2D eigenvalue weighted by molar-refractivity contribution is -0.137. The van der Waals surface area contributed by atoms with Crippen LogP contribution in [0, 0.1) is 0 Å². The van der Waals surface area contributed by atoms with Crippen LogP contribution in [0.15, 0.2) is 48.5 Å². The highest BCUT2D eigenvalue weighted by Crippen LogP contribution is 2.30. The molecule has 0 saturated carbocycles. The first-order valence-corrected chi connectivity index (χ1v) is 8.58. The molecule has 0 aliphatic carbocycles. The fourth-order valence-corrected chi connectivity index (χ4v) is 2.84. The molecule has 0 bridgehead atoms. The number of urea groups is 1. The third-order valence-corrected chi connectivity index (χ3v) is 4.27. The van der Waals surface area contributed by atoms with Crippen molar-refractivity contribution in [2.75, 3.05) is 11.9 Å². The number of benzene rings is 2. The Morgan fingerprint density at radius 3 is 2.42 bits per heavy atom. The Balaban J connectivity index is 2.07. The minimum atomic E-state index is -4.38. The smallest absolute Gasteiger partial charge is 0.322 e. The van der Waals surface area contributed by atoms with Gasteiger partial charge in [0.25, 0.3) is 0 Å². The second-order valence-corrected chi connectivity index (χ2v) is 6.41. The van der Waals surface area contributed by atoms with Crippen molar-refractivity contribution in [2.45, 2.75) is 32.5 Å². The molecule has 26 heavy (non-hydrogen) atoms. The topological polar surface area (TPSA) is 32.3 Å². The van der Waals surface area contributed by atoms with Gasteiger partial charge < -0.3 is 10.2 Å². The lowest BCUT2D eigenvalue weighted by Gasteiger charge is -2.28. The van der Waals surface area contributed by atoms with Crippen molar-refractivity contribution < 1.29 is 18.0 Å². The predicted octanol–water partition coefficient (Wildman–Crippen LogP) is 5.84. The fraction of sp³-hybridized carbons (Fsp3) is 0.316. The molecule has 2 rings (SSSR count). The quantitative estimate of drug-likeness (QED) is 0.689. The van der Waals surface area contributed by atoms with Gasteiger partial charge in [-0.15, -0.1) is 0 Å². The van der Waals surface area contributed by atoms with E-state index in [0.717, 1.165) is 12.1 Å². The lowest BCUT2D eigenvalue weighted by atomic mass is 10.0. The molecular formula is C19H20ClF3N2O. The average Bonchev–Trinajstić information content (AvgIpc) is 2.57. The molecule has 3 nitrogen and oxygen atoms in total. The van der Waals surface area contributed by atoms with Gasteiger partial charge in [-0.2, -0.15) is 13.2 Å². The predicted molar refractivity (Wildman–Crippen MR) is 97.5 cm³/mol. The van der Waals surface area contributed by atoms with Crippen LogP contribution in [0.4, 0.5) is 23.7 Å². The van der Waals surface area contributed by atoms with E-state index >= 15 is 0 Å². The zero-order valence-electron chi connectivity index (χ0n) is 14.5. The van der Waals surface area contributed by atoms with E-state index in [-0.39, 0.29) is 12.1 Å². The van der Waals surface area contributed by atoms with Crippen LogP contribution in [0.25, 0.3) is 0 Å². The SMILES string of the molecule is CCN(C(=O)Nc1ccc(Cl)cc1)[C@H](C)Cc1cccc(C(F)(F)F)c1. The summed E-state index contributed by atoms with van der Waals surface area (Å²) in [6.07, 6.45) is -4.05. The summed E-state index contributed by atoms with van der Waals surface area (Å²) in [5.41, 5.74) is 0.449. The van der Waals surface area contributed by atoms with Crippen LogP contribution >= 0.6 is 11.6 Å². The number of hydrogen-bond acceptors (Lipinski definition) is 1. The lowest BCUT2D eigenvalue weighted by Crippen LogP contribution is -2.42. The fourth-order valence-electron chi connectivity index (χ4n) is 2.71. The van der Waals surface area contributed by atoms with E-state index in [4.69, 9.17) is 11.6 Å². The highest BCUT2D eigenvalue weighted by Gasteiger charge is 2.30. The van der Waals surface area contributed by atoms with E-state index in [2.05, 4.69) is 5.32 Å². The molecule has 140 valence electrons. The van der Waals surface area contributed by atoms with Crippen LogP contribution < -0.4 is 5.32 Å². The second-order valence-electron chi connectivity index (χ2n) is 5.97. The first-order chi connectivity index (χ1) is 12.2. The molecule has 0 radical (unpaired) electrons. The van der Waals surface area contributed by atoms with Crippen molar-refractivity contribution in [2.24, 2.45) is 0 Å². The largest absolute Gasteiger partial charge is 0.416 e. The normalized spacial score (nSPS) is 12.5. The molecule has 2 aromatic carbocycles. The van der Waals surface area contributed by atoms with E-state index in [1.807, 2.05) is 13.8 Å². The Morgan fingerprint density at radius 1 is 1.19 bits per heavy atom. The molecule has 2 aromatic rings. The number of likely N-dealkylation sites (N-methyl/N-ethyl adjacent to an activating group) is 1. The molecule has 0 saturated heterocycles. The van der Waals surface area contributed by atoms with Gasteiger partial charge in [0.1, 0.15) is 0 Å². The van der Waals surface area contributed by atoms with E-state index in [1.165, 1.54) is 6.07 Å². The Labute approximate surface area is 155 Å². The van der Waals surface area contributed by atoms with Crippen molar-refractivity contribution in [1.82, 2.24) is 4.90 Å². The minimum Gasteiger partial charge on any atom is -0.322 e. The van der Waals surface area contributed by atoms with Gasteiger partial charge in [-0.25, -0.2) is 4.79 Å². The monoisotopic (exact) mass is 384 g/mol. The van der Waals surface area contributed by atoms with Crippen LogP contribution in [0.3, 0.4) is 0 Å². The Bertz CT molecular complexity index is 747. The number of nitrogens with zero attached hydrogens (tertiary/aromatic N) is 1. The number of carbonyl (C=O) groups excluding carboxylic acids is 1. The van der Waals surface area contributed by atoms with Crippen LogP contribution in [0.5, 0.6) is 0 Å². The maximum absolute atomic E-state index is 12.8. The molecule has 7 heteroatoms. The maximum Gasteiger partial charge on any atom is 0.416 e. The van der Waals surface area contributed by atoms with Crippen LogP contribution in [-0.4, -0.2) is 23.5 Å². The van der Waals surface area contributed by atoms with Gasteiger partial charge in [-0.05, 0) is 56.2 Å². The summed E-state index contributed by atoms with van der Waals surface area (Å²) in [6, 6.07) is 11.3. The van der Waals surface area contributed by atoms with Crippen molar-refractivity contribution in [1.29, 1.82) is 0 Å². The first kappa shape index (κ1) is 20.1. The van der Waals surface area contributed by atoms with E-state index < -0.39 is 11.7 Å². The van der Waals surface area contributed by atoms with Gasteiger partial charge in [0.2, 0.25) is 0 Å². The summed E-state index contributed by atoms with van der Waals surface area (Å²) in [5.74, 6) is 0. The molecule has 0 aromatic heterocycles. The molecule has 0 unspecified atom stereocenters. The van der Waals surface area contributed by atoms with Gasteiger partial charge in [-0.3, -0.25) is 0 Å². The summed E-state index contributed by atoms with van der Waals surface area (Å²) in [4.78, 5) is 14.1. The number of halogens is 4. The average molecular weight is 385 g/mol. The summed E-state index contributed by atoms with van der Waals surface area (Å²) in [7, 11) is 0. The Kier molecular flexibility index (Phi) is 6.53. The first-order valence-electron chi connectivity index (χ1n) is 8.20. The molecule has 0 heterocycles. The molecule has 0 aliphatic heterocycles. The molecule has 0 fully saturated rings. The highest BCUT2D eigenvalue weighted by atomic mass is 35.5. The number of carbonyl (C=O) groups is 1. The number of hydrogen-bond donors (Lipinski definition) is 1. The number of amides is 2. The molecular weight excluding hydrogens is 365 g/mol. The van der Waals surface area contributed by atoms with Crippen LogP contribution in [-0.2, 0) is 12.6 Å². The van der Waals surface area contributed by atoms with Gasteiger partial charge in [-0.1, -0.05) is 29.8 Å². The van der Waals surface area contributed by atoms with Crippen LogP contribution in [0.2, 0.25) is 5.02 Å². The number of rotatable bonds is 5. The van der Waals surface area contributed by atoms with Gasteiger partial charge >= 0.3 is 12.2 Å². The van der Waals surface area contributed by atoms with Crippen molar-refractivity contribution >= 4 is 23.3 Å². The molecule has 1 N–H and O–H groups in total. The summed E-state index contributed by atoms with van der Waals surface area (Å²) >= 11 is 5.82. The van der Waals surface area contributed by atoms with Crippen molar-refractivity contribution in [3.05, 3.63) is 64.7 Å². The zero-order valence-corrected chi connectivity index (χ0v) is 15.2. The number of anilines is 1. The van der Waals surface area contributed by atoms with Crippen LogP contribution in [0.1, 0.15) is 25.0 Å². The van der Waals surface area contributed by atoms with Crippen molar-refractivity contribution in [3.8, 4) is 0 Å². The van der Waals surface area contributed by atoms with Gasteiger partial charge in [0.15, 0.2) is 0 Å². The molecule has 0 aliphatic rings. The van der Waals surface area contributed by atoms with Gasteiger partial charge in [0.05, 0.1) is 5.56 Å². The standard InChI is InChI=1S/C19H20ClF3N2O/c1-3-25(18(26)24-17-9-7-16(20)8-10-17)13(2)11-14-5-4-6-15(12-14)19(21,22)23/h4-10,12-13H,3,11H2,1-2H3,(H,24,26)/t13-/m1/s1. The molecule has 0 spiro atoms. The van der Waals surface area contributed by atoms with E-state index in [1.54, 1.807) is 35.2 Å². The summed E-state index contributed by atoms with van der Waals surface area (Å²) < 4.78 is 38.5. The minimum absolute atomic E-state index is 0.268. The third-order valence-electron chi connectivity index (χ3n) is 4.01. The summed E-state index contributed by atoms with van der Waals surface area (Å²) in [5, 5.41) is 3.33.